The van der Waals surface area contributed by atoms with Gasteiger partial charge in [0, 0.05) is 6.42 Å². The predicted molar refractivity (Wildman–Crippen MR) is 105 cm³/mol. The van der Waals surface area contributed by atoms with Crippen molar-refractivity contribution in [3.8, 4) is 0 Å². The molecule has 0 heterocycles. The number of carboxylic acid groups (broad SMARTS) is 1. The van der Waals surface area contributed by atoms with Crippen LogP contribution in [0.4, 0.5) is 0 Å². The third kappa shape index (κ3) is 12.9. The first-order valence-corrected chi connectivity index (χ1v) is 9.59. The number of carboxylic acids is 1. The van der Waals surface area contributed by atoms with Gasteiger partial charge in [-0.1, -0.05) is 56.2 Å². The minimum absolute atomic E-state index is 0.0698. The summed E-state index contributed by atoms with van der Waals surface area (Å²) in [7, 11) is 0. The van der Waals surface area contributed by atoms with E-state index in [0.717, 1.165) is 12.8 Å². The average molecular weight is 369 g/mol. The number of aliphatic hydroxyl groups is 3. The molecule has 0 rings (SSSR count). The van der Waals surface area contributed by atoms with E-state index < -0.39 is 23.8 Å². The van der Waals surface area contributed by atoms with Crippen molar-refractivity contribution in [1.29, 1.82) is 0 Å². The first-order valence-electron chi connectivity index (χ1n) is 9.59. The number of unbranched alkanes of at least 4 members (excludes halogenated alkanes) is 3. The molecule has 0 saturated heterocycles. The second-order valence-electron chi connectivity index (χ2n) is 6.84. The van der Waals surface area contributed by atoms with Gasteiger partial charge in [0.15, 0.2) is 0 Å². The van der Waals surface area contributed by atoms with Gasteiger partial charge in [0.05, 0.1) is 6.10 Å². The Morgan fingerprint density at radius 3 is 2.23 bits per heavy atom. The van der Waals surface area contributed by atoms with Gasteiger partial charge in [-0.3, -0.25) is 4.79 Å². The molecule has 3 atom stereocenters. The van der Waals surface area contributed by atoms with E-state index in [9.17, 15) is 20.1 Å². The molecule has 0 aliphatic heterocycles. The molecule has 4 N–H and O–H groups in total. The molecular weight excluding hydrogens is 332 g/mol. The standard InChI is InChI=1S/C21H36O5/c1-3-4-5-6-7-8-9-10-11-12-13-17-21(2,26)20(25)18(22)15-14-16-19(23)24/h7-8,10-11,13,17-18,20,22,25-26H,3-6,9,12,14-16H2,1-2H3,(H,23,24)/b8-7-,11-10-,17-13-. The third-order valence-electron chi connectivity index (χ3n) is 4.16. The van der Waals surface area contributed by atoms with Crippen LogP contribution in [0.25, 0.3) is 0 Å². The van der Waals surface area contributed by atoms with E-state index in [1.807, 2.05) is 12.2 Å². The van der Waals surface area contributed by atoms with Gasteiger partial charge in [-0.2, -0.15) is 0 Å². The van der Waals surface area contributed by atoms with Gasteiger partial charge in [-0.15, -0.1) is 0 Å². The van der Waals surface area contributed by atoms with Gasteiger partial charge < -0.3 is 20.4 Å². The van der Waals surface area contributed by atoms with Gasteiger partial charge in [-0.05, 0) is 45.4 Å². The van der Waals surface area contributed by atoms with Crippen LogP contribution in [0, 0.1) is 0 Å². The minimum Gasteiger partial charge on any atom is -0.481 e. The predicted octanol–water partition coefficient (Wildman–Crippen LogP) is 3.74. The summed E-state index contributed by atoms with van der Waals surface area (Å²) in [4.78, 5) is 10.5. The number of aliphatic carboxylic acids is 1. The van der Waals surface area contributed by atoms with E-state index in [4.69, 9.17) is 5.11 Å². The monoisotopic (exact) mass is 368 g/mol. The largest absolute Gasteiger partial charge is 0.481 e. The Labute approximate surface area is 157 Å². The van der Waals surface area contributed by atoms with Crippen LogP contribution in [0.15, 0.2) is 36.5 Å². The molecule has 0 saturated carbocycles. The molecule has 26 heavy (non-hydrogen) atoms. The van der Waals surface area contributed by atoms with Crippen molar-refractivity contribution in [3.63, 3.8) is 0 Å². The van der Waals surface area contributed by atoms with Crippen LogP contribution in [0.3, 0.4) is 0 Å². The molecule has 0 fully saturated rings. The first kappa shape index (κ1) is 24.6. The molecule has 5 nitrogen and oxygen atoms in total. The van der Waals surface area contributed by atoms with Crippen molar-refractivity contribution >= 4 is 5.97 Å². The topological polar surface area (TPSA) is 98.0 Å². The lowest BCUT2D eigenvalue weighted by Crippen LogP contribution is -2.45. The molecule has 0 aromatic heterocycles. The lowest BCUT2D eigenvalue weighted by Gasteiger charge is -2.29. The summed E-state index contributed by atoms with van der Waals surface area (Å²) in [5, 5.41) is 38.8. The molecule has 0 aliphatic carbocycles. The molecule has 150 valence electrons. The van der Waals surface area contributed by atoms with E-state index in [2.05, 4.69) is 19.1 Å². The van der Waals surface area contributed by atoms with Gasteiger partial charge in [0.2, 0.25) is 0 Å². The van der Waals surface area contributed by atoms with Gasteiger partial charge in [0.25, 0.3) is 0 Å². The van der Waals surface area contributed by atoms with Gasteiger partial charge >= 0.3 is 5.97 Å². The number of carbonyl (C=O) groups is 1. The van der Waals surface area contributed by atoms with E-state index in [-0.39, 0.29) is 19.3 Å². The Bertz CT molecular complexity index is 451. The van der Waals surface area contributed by atoms with E-state index in [0.29, 0.717) is 6.42 Å². The van der Waals surface area contributed by atoms with Crippen LogP contribution in [-0.4, -0.2) is 44.2 Å². The maximum Gasteiger partial charge on any atom is 0.303 e. The SMILES string of the molecule is CCCCC/C=C\C/C=C\C/C=C\C(C)(O)C(O)C(O)CCCC(=O)O. The van der Waals surface area contributed by atoms with Crippen molar-refractivity contribution in [2.75, 3.05) is 0 Å². The lowest BCUT2D eigenvalue weighted by molar-refractivity contribution is -0.137. The van der Waals surface area contributed by atoms with Crippen molar-refractivity contribution in [2.24, 2.45) is 0 Å². The Balaban J connectivity index is 4.10. The summed E-state index contributed by atoms with van der Waals surface area (Å²) in [6.45, 7) is 3.62. The second kappa shape index (κ2) is 14.7. The molecule has 0 amide bonds. The number of hydrogen-bond donors (Lipinski definition) is 4. The maximum absolute atomic E-state index is 10.5. The Hall–Kier alpha value is -1.43. The normalized spacial score (nSPS) is 17.1. The Morgan fingerprint density at radius 1 is 1.00 bits per heavy atom. The highest BCUT2D eigenvalue weighted by Gasteiger charge is 2.32. The smallest absolute Gasteiger partial charge is 0.303 e. The van der Waals surface area contributed by atoms with Gasteiger partial charge in [0.1, 0.15) is 11.7 Å². The highest BCUT2D eigenvalue weighted by Crippen LogP contribution is 2.19. The molecular formula is C21H36O5. The first-order chi connectivity index (χ1) is 12.3. The summed E-state index contributed by atoms with van der Waals surface area (Å²) in [5.74, 6) is -0.944. The number of allylic oxidation sites excluding steroid dienone is 5. The van der Waals surface area contributed by atoms with Crippen molar-refractivity contribution in [1.82, 2.24) is 0 Å². The summed E-state index contributed by atoms with van der Waals surface area (Å²) < 4.78 is 0. The third-order valence-corrected chi connectivity index (χ3v) is 4.16. The summed E-state index contributed by atoms with van der Waals surface area (Å²) in [5.41, 5.74) is -1.56. The van der Waals surface area contributed by atoms with Gasteiger partial charge in [-0.25, -0.2) is 0 Å². The summed E-state index contributed by atoms with van der Waals surface area (Å²) in [6.07, 6.45) is 15.7. The van der Waals surface area contributed by atoms with Crippen LogP contribution >= 0.6 is 0 Å². The zero-order valence-electron chi connectivity index (χ0n) is 16.2. The summed E-state index contributed by atoms with van der Waals surface area (Å²) in [6, 6.07) is 0. The Kier molecular flexibility index (Phi) is 13.9. The fourth-order valence-electron chi connectivity index (χ4n) is 2.49. The molecule has 0 bridgehead atoms. The molecule has 0 aliphatic rings. The van der Waals surface area contributed by atoms with Crippen LogP contribution < -0.4 is 0 Å². The van der Waals surface area contributed by atoms with Crippen molar-refractivity contribution < 1.29 is 25.2 Å². The highest BCUT2D eigenvalue weighted by molar-refractivity contribution is 5.66. The fourth-order valence-corrected chi connectivity index (χ4v) is 2.49. The van der Waals surface area contributed by atoms with Crippen LogP contribution in [0.5, 0.6) is 0 Å². The van der Waals surface area contributed by atoms with E-state index >= 15 is 0 Å². The molecule has 0 radical (unpaired) electrons. The molecule has 3 unspecified atom stereocenters. The maximum atomic E-state index is 10.5. The zero-order chi connectivity index (χ0) is 19.8. The van der Waals surface area contributed by atoms with Crippen LogP contribution in [0.2, 0.25) is 0 Å². The zero-order valence-corrected chi connectivity index (χ0v) is 16.2. The Morgan fingerprint density at radius 2 is 1.62 bits per heavy atom. The molecule has 0 spiro atoms. The number of aliphatic hydroxyl groups excluding tert-OH is 2. The second-order valence-corrected chi connectivity index (χ2v) is 6.84. The van der Waals surface area contributed by atoms with Crippen molar-refractivity contribution in [3.05, 3.63) is 36.5 Å². The number of hydrogen-bond acceptors (Lipinski definition) is 4. The van der Waals surface area contributed by atoms with Crippen molar-refractivity contribution in [2.45, 2.75) is 89.4 Å². The molecule has 0 aromatic carbocycles. The average Bonchev–Trinajstić information content (AvgIpc) is 2.58. The van der Waals surface area contributed by atoms with Crippen LogP contribution in [0.1, 0.15) is 71.6 Å². The van der Waals surface area contributed by atoms with Crippen LogP contribution in [-0.2, 0) is 4.79 Å². The molecule has 5 heteroatoms. The quantitative estimate of drug-likeness (QED) is 0.261. The summed E-state index contributed by atoms with van der Waals surface area (Å²) >= 11 is 0. The minimum atomic E-state index is -1.56. The van der Waals surface area contributed by atoms with E-state index in [1.54, 1.807) is 6.08 Å². The fraction of sp³-hybridized carbons (Fsp3) is 0.667. The van der Waals surface area contributed by atoms with E-state index in [1.165, 1.54) is 32.3 Å². The molecule has 0 aromatic rings. The number of rotatable bonds is 15. The lowest BCUT2D eigenvalue weighted by atomic mass is 9.91. The highest BCUT2D eigenvalue weighted by atomic mass is 16.4.